The Kier molecular flexibility index (Phi) is 5.11. The smallest absolute Gasteiger partial charge is 0.274 e. The lowest BCUT2D eigenvalue weighted by molar-refractivity contribution is 0.102. The zero-order chi connectivity index (χ0) is 17.1. The predicted octanol–water partition coefficient (Wildman–Crippen LogP) is 2.94. The van der Waals surface area contributed by atoms with E-state index in [1.54, 1.807) is 13.0 Å². The van der Waals surface area contributed by atoms with Gasteiger partial charge in [-0.25, -0.2) is 9.97 Å². The molecule has 7 heteroatoms. The molecule has 126 valence electrons. The normalized spacial score (nSPS) is 14.5. The minimum absolute atomic E-state index is 0.245. The van der Waals surface area contributed by atoms with Crippen LogP contribution in [0.15, 0.2) is 28.7 Å². The lowest BCUT2D eigenvalue weighted by Crippen LogP contribution is -2.37. The van der Waals surface area contributed by atoms with Gasteiger partial charge in [0.05, 0.1) is 13.2 Å². The maximum atomic E-state index is 12.5. The Morgan fingerprint density at radius 3 is 2.67 bits per heavy atom. The quantitative estimate of drug-likeness (QED) is 0.872. The molecular formula is C17H19BrN4O2. The highest BCUT2D eigenvalue weighted by molar-refractivity contribution is 9.10. The van der Waals surface area contributed by atoms with Crippen LogP contribution >= 0.6 is 15.9 Å². The van der Waals surface area contributed by atoms with Gasteiger partial charge in [0.2, 0.25) is 0 Å². The van der Waals surface area contributed by atoms with Crippen molar-refractivity contribution in [2.75, 3.05) is 36.5 Å². The molecule has 1 aliphatic rings. The first-order chi connectivity index (χ1) is 11.5. The van der Waals surface area contributed by atoms with Gasteiger partial charge in [-0.1, -0.05) is 22.0 Å². The molecule has 6 nitrogen and oxygen atoms in total. The van der Waals surface area contributed by atoms with Gasteiger partial charge >= 0.3 is 0 Å². The van der Waals surface area contributed by atoms with Gasteiger partial charge in [0.25, 0.3) is 5.91 Å². The fraction of sp³-hybridized carbons (Fsp3) is 0.353. The molecule has 2 heterocycles. The minimum Gasteiger partial charge on any atom is -0.378 e. The number of benzene rings is 1. The zero-order valence-electron chi connectivity index (χ0n) is 13.7. The number of amides is 1. The fourth-order valence-electron chi connectivity index (χ4n) is 2.49. The molecule has 3 rings (SSSR count). The van der Waals surface area contributed by atoms with E-state index in [1.807, 2.05) is 25.1 Å². The number of hydrogen-bond acceptors (Lipinski definition) is 5. The van der Waals surface area contributed by atoms with Crippen molar-refractivity contribution in [3.63, 3.8) is 0 Å². The lowest BCUT2D eigenvalue weighted by atomic mass is 10.2. The Balaban J connectivity index is 1.81. The van der Waals surface area contributed by atoms with Gasteiger partial charge in [-0.3, -0.25) is 4.79 Å². The second kappa shape index (κ2) is 7.27. The van der Waals surface area contributed by atoms with Crippen LogP contribution in [-0.4, -0.2) is 42.2 Å². The molecule has 1 N–H and O–H groups in total. The van der Waals surface area contributed by atoms with Crippen molar-refractivity contribution >= 4 is 33.3 Å². The van der Waals surface area contributed by atoms with Gasteiger partial charge in [-0.2, -0.15) is 0 Å². The molecule has 1 fully saturated rings. The molecule has 24 heavy (non-hydrogen) atoms. The average Bonchev–Trinajstić information content (AvgIpc) is 2.58. The zero-order valence-corrected chi connectivity index (χ0v) is 15.3. The Hall–Kier alpha value is -1.99. The SMILES string of the molecule is Cc1nc(C(=O)Nc2ccc(C)c(Br)c2)cc(N2CCOCC2)n1. The fourth-order valence-corrected chi connectivity index (χ4v) is 2.87. The number of nitrogens with one attached hydrogen (secondary N) is 1. The Morgan fingerprint density at radius 1 is 1.21 bits per heavy atom. The van der Waals surface area contributed by atoms with Gasteiger partial charge in [0.15, 0.2) is 0 Å². The number of aryl methyl sites for hydroxylation is 2. The van der Waals surface area contributed by atoms with Crippen molar-refractivity contribution < 1.29 is 9.53 Å². The van der Waals surface area contributed by atoms with E-state index in [-0.39, 0.29) is 5.91 Å². The summed E-state index contributed by atoms with van der Waals surface area (Å²) in [6.07, 6.45) is 0. The van der Waals surface area contributed by atoms with Gasteiger partial charge < -0.3 is 15.0 Å². The number of carbonyl (C=O) groups is 1. The number of nitrogens with zero attached hydrogens (tertiary/aromatic N) is 3. The number of carbonyl (C=O) groups excluding carboxylic acids is 1. The summed E-state index contributed by atoms with van der Waals surface area (Å²) in [7, 11) is 0. The van der Waals surface area contributed by atoms with Crippen LogP contribution in [0.3, 0.4) is 0 Å². The molecule has 1 aliphatic heterocycles. The van der Waals surface area contributed by atoms with Gasteiger partial charge in [-0.05, 0) is 31.5 Å². The van der Waals surface area contributed by atoms with Crippen molar-refractivity contribution in [3.05, 3.63) is 45.8 Å². The van der Waals surface area contributed by atoms with Gasteiger partial charge in [-0.15, -0.1) is 0 Å². The summed E-state index contributed by atoms with van der Waals surface area (Å²) in [5.41, 5.74) is 2.20. The molecule has 0 atom stereocenters. The van der Waals surface area contributed by atoms with Crippen molar-refractivity contribution in [3.8, 4) is 0 Å². The highest BCUT2D eigenvalue weighted by atomic mass is 79.9. The van der Waals surface area contributed by atoms with Crippen LogP contribution in [-0.2, 0) is 4.74 Å². The van der Waals surface area contributed by atoms with Crippen LogP contribution in [0, 0.1) is 13.8 Å². The largest absolute Gasteiger partial charge is 0.378 e. The third-order valence-corrected chi connectivity index (χ3v) is 4.68. The molecule has 0 spiro atoms. The molecule has 0 unspecified atom stereocenters. The number of morpholine rings is 1. The van der Waals surface area contributed by atoms with Crippen LogP contribution < -0.4 is 10.2 Å². The second-order valence-electron chi connectivity index (χ2n) is 5.68. The standard InChI is InChI=1S/C17H19BrN4O2/c1-11-3-4-13(9-14(11)18)21-17(23)15-10-16(20-12(2)19-15)22-5-7-24-8-6-22/h3-4,9-10H,5-8H2,1-2H3,(H,21,23). The first kappa shape index (κ1) is 16.9. The van der Waals surface area contributed by atoms with Crippen molar-refractivity contribution in [1.29, 1.82) is 0 Å². The summed E-state index contributed by atoms with van der Waals surface area (Å²) in [6, 6.07) is 7.43. The van der Waals surface area contributed by atoms with Crippen molar-refractivity contribution in [1.82, 2.24) is 9.97 Å². The van der Waals surface area contributed by atoms with Crippen LogP contribution in [0.1, 0.15) is 21.9 Å². The molecule has 0 saturated carbocycles. The third kappa shape index (κ3) is 3.91. The summed E-state index contributed by atoms with van der Waals surface area (Å²) in [5.74, 6) is 1.10. The maximum Gasteiger partial charge on any atom is 0.274 e. The molecule has 2 aromatic rings. The molecular weight excluding hydrogens is 372 g/mol. The van der Waals surface area contributed by atoms with E-state index in [4.69, 9.17) is 4.74 Å². The van der Waals surface area contributed by atoms with E-state index in [0.29, 0.717) is 24.7 Å². The minimum atomic E-state index is -0.245. The topological polar surface area (TPSA) is 67.4 Å². The number of halogens is 1. The van der Waals surface area contributed by atoms with Gasteiger partial charge in [0, 0.05) is 29.3 Å². The first-order valence-corrected chi connectivity index (χ1v) is 8.58. The third-order valence-electron chi connectivity index (χ3n) is 3.82. The Morgan fingerprint density at radius 2 is 1.96 bits per heavy atom. The first-order valence-electron chi connectivity index (χ1n) is 7.79. The number of rotatable bonds is 3. The van der Waals surface area contributed by atoms with Gasteiger partial charge in [0.1, 0.15) is 17.3 Å². The number of anilines is 2. The summed E-state index contributed by atoms with van der Waals surface area (Å²) in [6.45, 7) is 6.66. The van der Waals surface area contributed by atoms with E-state index < -0.39 is 0 Å². The van der Waals surface area contributed by atoms with Crippen molar-refractivity contribution in [2.45, 2.75) is 13.8 Å². The lowest BCUT2D eigenvalue weighted by Gasteiger charge is -2.28. The number of ether oxygens (including phenoxy) is 1. The molecule has 0 bridgehead atoms. The molecule has 1 saturated heterocycles. The number of aromatic nitrogens is 2. The summed E-state index contributed by atoms with van der Waals surface area (Å²) >= 11 is 3.47. The van der Waals surface area contributed by atoms with Crippen LogP contribution in [0.25, 0.3) is 0 Å². The van der Waals surface area contributed by atoms with E-state index in [2.05, 4.69) is 36.1 Å². The molecule has 1 aromatic carbocycles. The molecule has 0 radical (unpaired) electrons. The molecule has 1 amide bonds. The van der Waals surface area contributed by atoms with Crippen LogP contribution in [0.5, 0.6) is 0 Å². The van der Waals surface area contributed by atoms with E-state index in [9.17, 15) is 4.79 Å². The second-order valence-corrected chi connectivity index (χ2v) is 6.53. The molecule has 1 aromatic heterocycles. The summed E-state index contributed by atoms with van der Waals surface area (Å²) in [5, 5.41) is 2.88. The summed E-state index contributed by atoms with van der Waals surface area (Å²) in [4.78, 5) is 23.4. The molecule has 0 aliphatic carbocycles. The Labute approximate surface area is 149 Å². The monoisotopic (exact) mass is 390 g/mol. The highest BCUT2D eigenvalue weighted by Gasteiger charge is 2.17. The van der Waals surface area contributed by atoms with Crippen LogP contribution in [0.4, 0.5) is 11.5 Å². The average molecular weight is 391 g/mol. The number of hydrogen-bond donors (Lipinski definition) is 1. The van der Waals surface area contributed by atoms with E-state index in [0.717, 1.165) is 34.6 Å². The predicted molar refractivity (Wildman–Crippen MR) is 96.6 cm³/mol. The highest BCUT2D eigenvalue weighted by Crippen LogP contribution is 2.21. The van der Waals surface area contributed by atoms with E-state index >= 15 is 0 Å². The summed E-state index contributed by atoms with van der Waals surface area (Å²) < 4.78 is 6.31. The van der Waals surface area contributed by atoms with E-state index in [1.165, 1.54) is 0 Å². The van der Waals surface area contributed by atoms with Crippen molar-refractivity contribution in [2.24, 2.45) is 0 Å². The maximum absolute atomic E-state index is 12.5. The van der Waals surface area contributed by atoms with Crippen LogP contribution in [0.2, 0.25) is 0 Å². The Bertz CT molecular complexity index is 760.